The van der Waals surface area contributed by atoms with Gasteiger partial charge in [0.1, 0.15) is 12.3 Å². The maximum absolute atomic E-state index is 11.8. The molecule has 116 valence electrons. The Hall–Kier alpha value is -1.82. The summed E-state index contributed by atoms with van der Waals surface area (Å²) in [5.74, 6) is 0.706. The monoisotopic (exact) mass is 294 g/mol. The molecular formula is C15H22N2O4. The van der Waals surface area contributed by atoms with Crippen LogP contribution in [0.1, 0.15) is 25.8 Å². The van der Waals surface area contributed by atoms with Gasteiger partial charge in [-0.05, 0) is 12.5 Å². The summed E-state index contributed by atoms with van der Waals surface area (Å²) in [6.07, 6.45) is 1.23. The number of benzene rings is 1. The van der Waals surface area contributed by atoms with Crippen molar-refractivity contribution in [2.45, 2.75) is 26.8 Å². The molecule has 2 rings (SSSR count). The molecule has 0 unspecified atom stereocenters. The van der Waals surface area contributed by atoms with E-state index in [9.17, 15) is 15.2 Å². The number of piperidine rings is 1. The van der Waals surface area contributed by atoms with Crippen LogP contribution in [0.25, 0.3) is 0 Å². The summed E-state index contributed by atoms with van der Waals surface area (Å²) in [4.78, 5) is 11.7. The van der Waals surface area contributed by atoms with Crippen LogP contribution < -0.4 is 14.7 Å². The molecule has 0 aliphatic carbocycles. The SMILES string of the molecule is COc1cc(C[NH+]2C[C@@H](C)C[C@H](C)C2)cc([N+](=O)[O-])c1[O-]. The predicted octanol–water partition coefficient (Wildman–Crippen LogP) is 0.738. The molecule has 1 aromatic rings. The first-order valence-corrected chi connectivity index (χ1v) is 7.26. The zero-order chi connectivity index (χ0) is 15.6. The fraction of sp³-hybridized carbons (Fsp3) is 0.600. The van der Waals surface area contributed by atoms with Gasteiger partial charge in [0.15, 0.2) is 0 Å². The Labute approximate surface area is 124 Å². The van der Waals surface area contributed by atoms with E-state index in [0.717, 1.165) is 18.7 Å². The molecule has 1 aromatic carbocycles. The van der Waals surface area contributed by atoms with Crippen molar-refractivity contribution < 1.29 is 19.7 Å². The minimum Gasteiger partial charge on any atom is -0.865 e. The van der Waals surface area contributed by atoms with E-state index in [2.05, 4.69) is 13.8 Å². The van der Waals surface area contributed by atoms with Crippen molar-refractivity contribution in [2.24, 2.45) is 11.8 Å². The van der Waals surface area contributed by atoms with E-state index in [0.29, 0.717) is 18.4 Å². The summed E-state index contributed by atoms with van der Waals surface area (Å²) in [7, 11) is 1.36. The van der Waals surface area contributed by atoms with Gasteiger partial charge in [-0.15, -0.1) is 0 Å². The number of rotatable bonds is 4. The zero-order valence-electron chi connectivity index (χ0n) is 12.7. The van der Waals surface area contributed by atoms with Crippen LogP contribution in [0.4, 0.5) is 5.69 Å². The molecule has 0 spiro atoms. The van der Waals surface area contributed by atoms with Crippen LogP contribution in [0.15, 0.2) is 12.1 Å². The first kappa shape index (κ1) is 15.6. The molecule has 6 nitrogen and oxygen atoms in total. The molecule has 2 atom stereocenters. The number of hydrogen-bond acceptors (Lipinski definition) is 4. The topological polar surface area (TPSA) is 79.9 Å². The molecule has 0 amide bonds. The van der Waals surface area contributed by atoms with Gasteiger partial charge in [0, 0.05) is 29.2 Å². The molecule has 0 bridgehead atoms. The van der Waals surface area contributed by atoms with Gasteiger partial charge in [0.2, 0.25) is 0 Å². The number of nitro groups is 1. The maximum Gasteiger partial charge on any atom is 0.265 e. The maximum atomic E-state index is 11.8. The lowest BCUT2D eigenvalue weighted by molar-refractivity contribution is -0.925. The molecule has 1 aliphatic rings. The Kier molecular flexibility index (Phi) is 4.67. The van der Waals surface area contributed by atoms with E-state index >= 15 is 0 Å². The van der Waals surface area contributed by atoms with E-state index in [1.165, 1.54) is 24.5 Å². The lowest BCUT2D eigenvalue weighted by atomic mass is 9.91. The fourth-order valence-electron chi connectivity index (χ4n) is 3.39. The van der Waals surface area contributed by atoms with Crippen molar-refractivity contribution in [2.75, 3.05) is 20.2 Å². The van der Waals surface area contributed by atoms with Gasteiger partial charge in [0.25, 0.3) is 5.69 Å². The van der Waals surface area contributed by atoms with E-state index in [1.807, 2.05) is 0 Å². The number of nitro benzene ring substituents is 1. The van der Waals surface area contributed by atoms with Crippen molar-refractivity contribution >= 4 is 5.69 Å². The van der Waals surface area contributed by atoms with Crippen LogP contribution in [-0.2, 0) is 6.54 Å². The highest BCUT2D eigenvalue weighted by Gasteiger charge is 2.26. The van der Waals surface area contributed by atoms with Crippen LogP contribution in [0.2, 0.25) is 0 Å². The zero-order valence-corrected chi connectivity index (χ0v) is 12.7. The van der Waals surface area contributed by atoms with Gasteiger partial charge in [-0.1, -0.05) is 13.8 Å². The minimum absolute atomic E-state index is 0.0525. The molecule has 21 heavy (non-hydrogen) atoms. The molecule has 0 saturated carbocycles. The Morgan fingerprint density at radius 1 is 1.33 bits per heavy atom. The molecule has 0 radical (unpaired) electrons. The fourth-order valence-corrected chi connectivity index (χ4v) is 3.39. The summed E-state index contributed by atoms with van der Waals surface area (Å²) >= 11 is 0. The van der Waals surface area contributed by atoms with Gasteiger partial charge in [-0.3, -0.25) is 10.1 Å². The normalized spacial score (nSPS) is 25.6. The van der Waals surface area contributed by atoms with Crippen LogP contribution in [0.3, 0.4) is 0 Å². The molecular weight excluding hydrogens is 272 g/mol. The van der Waals surface area contributed by atoms with Crippen molar-refractivity contribution in [3.63, 3.8) is 0 Å². The Balaban J connectivity index is 2.23. The van der Waals surface area contributed by atoms with Crippen molar-refractivity contribution in [1.82, 2.24) is 0 Å². The standard InChI is InChI=1S/C15H22N2O4/c1-10-4-11(2)8-16(7-10)9-12-5-13(17(19)20)15(18)14(6-12)21-3/h5-6,10-11,18H,4,7-9H2,1-3H3/t10-,11-/m0/s1. The van der Waals surface area contributed by atoms with Gasteiger partial charge < -0.3 is 14.7 Å². The molecule has 1 saturated heterocycles. The smallest absolute Gasteiger partial charge is 0.265 e. The highest BCUT2D eigenvalue weighted by atomic mass is 16.6. The number of methoxy groups -OCH3 is 1. The Morgan fingerprint density at radius 2 is 1.95 bits per heavy atom. The second kappa shape index (κ2) is 6.30. The van der Waals surface area contributed by atoms with Crippen molar-refractivity contribution in [3.8, 4) is 11.5 Å². The van der Waals surface area contributed by atoms with Crippen LogP contribution >= 0.6 is 0 Å². The third-order valence-corrected chi connectivity index (χ3v) is 4.04. The van der Waals surface area contributed by atoms with Crippen LogP contribution in [-0.4, -0.2) is 25.1 Å². The Morgan fingerprint density at radius 3 is 2.48 bits per heavy atom. The quantitative estimate of drug-likeness (QED) is 0.656. The number of hydrogen-bond donors (Lipinski definition) is 1. The van der Waals surface area contributed by atoms with E-state index in [1.54, 1.807) is 6.07 Å². The summed E-state index contributed by atoms with van der Waals surface area (Å²) in [5.41, 5.74) is 0.385. The van der Waals surface area contributed by atoms with Crippen molar-refractivity contribution in [1.29, 1.82) is 0 Å². The number of quaternary nitrogens is 1. The van der Waals surface area contributed by atoms with Gasteiger partial charge in [0.05, 0.1) is 25.1 Å². The average Bonchev–Trinajstić information content (AvgIpc) is 2.39. The highest BCUT2D eigenvalue weighted by Crippen LogP contribution is 2.34. The van der Waals surface area contributed by atoms with Crippen LogP contribution in [0, 0.1) is 22.0 Å². The third-order valence-electron chi connectivity index (χ3n) is 4.04. The predicted molar refractivity (Wildman–Crippen MR) is 76.4 cm³/mol. The average molecular weight is 294 g/mol. The van der Waals surface area contributed by atoms with Gasteiger partial charge >= 0.3 is 0 Å². The largest absolute Gasteiger partial charge is 0.865 e. The first-order valence-electron chi connectivity index (χ1n) is 7.26. The van der Waals surface area contributed by atoms with Gasteiger partial charge in [-0.2, -0.15) is 0 Å². The number of nitrogens with one attached hydrogen (secondary N) is 1. The molecule has 1 aliphatic heterocycles. The molecule has 1 N–H and O–H groups in total. The molecule has 1 fully saturated rings. The Bertz CT molecular complexity index is 523. The lowest BCUT2D eigenvalue weighted by Gasteiger charge is -2.32. The van der Waals surface area contributed by atoms with Crippen molar-refractivity contribution in [3.05, 3.63) is 27.8 Å². The van der Waals surface area contributed by atoms with Crippen LogP contribution in [0.5, 0.6) is 11.5 Å². The van der Waals surface area contributed by atoms with E-state index in [4.69, 9.17) is 4.74 Å². The molecule has 0 aromatic heterocycles. The summed E-state index contributed by atoms with van der Waals surface area (Å²) in [6, 6.07) is 3.02. The second-order valence-corrected chi connectivity index (χ2v) is 6.18. The molecule has 6 heteroatoms. The summed E-state index contributed by atoms with van der Waals surface area (Å²) in [6.45, 7) is 7.27. The number of likely N-dealkylation sites (tertiary alicyclic amines) is 1. The minimum atomic E-state index is -0.651. The van der Waals surface area contributed by atoms with E-state index in [-0.39, 0.29) is 5.75 Å². The van der Waals surface area contributed by atoms with Gasteiger partial charge in [-0.25, -0.2) is 0 Å². The lowest BCUT2D eigenvalue weighted by Crippen LogP contribution is -3.13. The first-order chi connectivity index (χ1) is 9.90. The second-order valence-electron chi connectivity index (χ2n) is 6.18. The highest BCUT2D eigenvalue weighted by molar-refractivity contribution is 5.56. The van der Waals surface area contributed by atoms with E-state index < -0.39 is 16.4 Å². The molecule has 1 heterocycles. The third kappa shape index (κ3) is 3.64. The number of nitrogens with zero attached hydrogens (tertiary/aromatic N) is 1. The number of ether oxygens (including phenoxy) is 1. The summed E-state index contributed by atoms with van der Waals surface area (Å²) in [5, 5.41) is 22.8. The summed E-state index contributed by atoms with van der Waals surface area (Å²) < 4.78 is 4.98.